The van der Waals surface area contributed by atoms with Gasteiger partial charge in [0.25, 0.3) is 0 Å². The van der Waals surface area contributed by atoms with Crippen molar-refractivity contribution < 1.29 is 14.6 Å². The van der Waals surface area contributed by atoms with Crippen molar-refractivity contribution in [2.45, 2.75) is 6.92 Å². The van der Waals surface area contributed by atoms with Crippen molar-refractivity contribution in [2.75, 3.05) is 14.2 Å². The van der Waals surface area contributed by atoms with E-state index in [4.69, 9.17) is 9.47 Å². The number of phenols is 1. The fraction of sp³-hybridized carbons (Fsp3) is 0.200. The molecule has 0 saturated carbocycles. The minimum Gasteiger partial charge on any atom is -0.508 e. The summed E-state index contributed by atoms with van der Waals surface area (Å²) < 4.78 is 10.5. The number of aromatic hydroxyl groups is 1. The summed E-state index contributed by atoms with van der Waals surface area (Å²) in [6.45, 7) is 1.87. The molecule has 0 saturated heterocycles. The summed E-state index contributed by atoms with van der Waals surface area (Å²) in [5, 5.41) is 9.53. The van der Waals surface area contributed by atoms with E-state index in [1.165, 1.54) is 0 Å². The molecule has 2 aromatic rings. The molecule has 0 unspecified atom stereocenters. The third-order valence-electron chi connectivity index (χ3n) is 2.91. The highest BCUT2D eigenvalue weighted by Gasteiger charge is 2.07. The van der Waals surface area contributed by atoms with Crippen molar-refractivity contribution in [1.82, 2.24) is 0 Å². The van der Waals surface area contributed by atoms with E-state index in [1.54, 1.807) is 20.3 Å². The topological polar surface area (TPSA) is 38.7 Å². The monoisotopic (exact) mass is 244 g/mol. The second-order valence-electron chi connectivity index (χ2n) is 4.07. The number of aryl methyl sites for hydroxylation is 1. The molecule has 0 amide bonds. The van der Waals surface area contributed by atoms with E-state index >= 15 is 0 Å². The van der Waals surface area contributed by atoms with Gasteiger partial charge in [0.15, 0.2) is 11.5 Å². The van der Waals surface area contributed by atoms with Crippen LogP contribution in [0.4, 0.5) is 0 Å². The van der Waals surface area contributed by atoms with Gasteiger partial charge in [-0.3, -0.25) is 0 Å². The van der Waals surface area contributed by atoms with Crippen molar-refractivity contribution in [3.05, 3.63) is 42.0 Å². The van der Waals surface area contributed by atoms with Crippen LogP contribution in [0.3, 0.4) is 0 Å². The summed E-state index contributed by atoms with van der Waals surface area (Å²) in [5.41, 5.74) is 2.91. The summed E-state index contributed by atoms with van der Waals surface area (Å²) in [5.74, 6) is 1.71. The van der Waals surface area contributed by atoms with Gasteiger partial charge in [0.1, 0.15) is 5.75 Å². The van der Waals surface area contributed by atoms with Gasteiger partial charge in [-0.05, 0) is 47.9 Å². The first kappa shape index (κ1) is 12.3. The van der Waals surface area contributed by atoms with Crippen LogP contribution in [0.2, 0.25) is 0 Å². The van der Waals surface area contributed by atoms with E-state index in [2.05, 4.69) is 0 Å². The molecule has 2 aromatic carbocycles. The van der Waals surface area contributed by atoms with Crippen LogP contribution in [0, 0.1) is 6.92 Å². The average Bonchev–Trinajstić information content (AvgIpc) is 2.41. The van der Waals surface area contributed by atoms with Crippen molar-refractivity contribution in [1.29, 1.82) is 0 Å². The molecule has 0 aromatic heterocycles. The molecule has 0 atom stereocenters. The van der Waals surface area contributed by atoms with Crippen LogP contribution in [-0.2, 0) is 0 Å². The van der Waals surface area contributed by atoms with Crippen LogP contribution in [0.25, 0.3) is 11.1 Å². The third-order valence-corrected chi connectivity index (χ3v) is 2.91. The quantitative estimate of drug-likeness (QED) is 0.899. The van der Waals surface area contributed by atoms with E-state index in [0.717, 1.165) is 16.7 Å². The molecule has 94 valence electrons. The van der Waals surface area contributed by atoms with Crippen molar-refractivity contribution >= 4 is 0 Å². The SMILES string of the molecule is COc1ccc(-c2ccc(O)c(C)c2)cc1OC. The van der Waals surface area contributed by atoms with Crippen LogP contribution in [0.5, 0.6) is 17.2 Å². The standard InChI is InChI=1S/C15H16O3/c1-10-8-11(4-6-13(10)16)12-5-7-14(17-2)15(9-12)18-3/h4-9,16H,1-3H3. The predicted octanol–water partition coefficient (Wildman–Crippen LogP) is 3.38. The summed E-state index contributed by atoms with van der Waals surface area (Å²) in [6, 6.07) is 11.3. The fourth-order valence-corrected chi connectivity index (χ4v) is 1.85. The lowest BCUT2D eigenvalue weighted by Gasteiger charge is -2.10. The molecule has 2 rings (SSSR count). The third kappa shape index (κ3) is 2.25. The zero-order valence-corrected chi connectivity index (χ0v) is 10.7. The molecule has 3 heteroatoms. The summed E-state index contributed by atoms with van der Waals surface area (Å²) in [6.07, 6.45) is 0. The molecule has 3 nitrogen and oxygen atoms in total. The molecule has 0 heterocycles. The second kappa shape index (κ2) is 5.00. The lowest BCUT2D eigenvalue weighted by molar-refractivity contribution is 0.355. The van der Waals surface area contributed by atoms with Gasteiger partial charge < -0.3 is 14.6 Å². The molecule has 0 radical (unpaired) electrons. The van der Waals surface area contributed by atoms with E-state index in [0.29, 0.717) is 17.2 Å². The van der Waals surface area contributed by atoms with Crippen LogP contribution >= 0.6 is 0 Å². The molecule has 0 spiro atoms. The molecular weight excluding hydrogens is 228 g/mol. The Labute approximate surface area is 107 Å². The van der Waals surface area contributed by atoms with Gasteiger partial charge in [-0.2, -0.15) is 0 Å². The lowest BCUT2D eigenvalue weighted by atomic mass is 10.0. The van der Waals surface area contributed by atoms with Crippen LogP contribution in [0.15, 0.2) is 36.4 Å². The maximum Gasteiger partial charge on any atom is 0.161 e. The second-order valence-corrected chi connectivity index (χ2v) is 4.07. The van der Waals surface area contributed by atoms with E-state index in [9.17, 15) is 5.11 Å². The number of benzene rings is 2. The van der Waals surface area contributed by atoms with E-state index in [1.807, 2.05) is 37.3 Å². The molecule has 0 aliphatic rings. The summed E-state index contributed by atoms with van der Waals surface area (Å²) in [4.78, 5) is 0. The van der Waals surface area contributed by atoms with Gasteiger partial charge >= 0.3 is 0 Å². The molecular formula is C15H16O3. The normalized spacial score (nSPS) is 10.2. The Balaban J connectivity index is 2.47. The Morgan fingerprint density at radius 1 is 0.833 bits per heavy atom. The number of hydrogen-bond acceptors (Lipinski definition) is 3. The number of ether oxygens (including phenoxy) is 2. The van der Waals surface area contributed by atoms with Crippen molar-refractivity contribution in [3.8, 4) is 28.4 Å². The van der Waals surface area contributed by atoms with Gasteiger partial charge in [0.2, 0.25) is 0 Å². The van der Waals surface area contributed by atoms with Gasteiger partial charge in [0, 0.05) is 0 Å². The first-order valence-corrected chi connectivity index (χ1v) is 5.67. The fourth-order valence-electron chi connectivity index (χ4n) is 1.85. The van der Waals surface area contributed by atoms with Gasteiger partial charge in [-0.15, -0.1) is 0 Å². The minimum atomic E-state index is 0.305. The Morgan fingerprint density at radius 2 is 1.44 bits per heavy atom. The highest BCUT2D eigenvalue weighted by atomic mass is 16.5. The Morgan fingerprint density at radius 3 is 2.06 bits per heavy atom. The summed E-state index contributed by atoms with van der Waals surface area (Å²) in [7, 11) is 3.23. The predicted molar refractivity (Wildman–Crippen MR) is 71.4 cm³/mol. The molecule has 18 heavy (non-hydrogen) atoms. The lowest BCUT2D eigenvalue weighted by Crippen LogP contribution is -1.91. The largest absolute Gasteiger partial charge is 0.508 e. The van der Waals surface area contributed by atoms with Crippen LogP contribution in [0.1, 0.15) is 5.56 Å². The highest BCUT2D eigenvalue weighted by Crippen LogP contribution is 2.33. The minimum absolute atomic E-state index is 0.305. The Hall–Kier alpha value is -2.16. The summed E-state index contributed by atoms with van der Waals surface area (Å²) >= 11 is 0. The number of methoxy groups -OCH3 is 2. The molecule has 0 aliphatic heterocycles. The molecule has 0 fully saturated rings. The van der Waals surface area contributed by atoms with Crippen molar-refractivity contribution in [2.24, 2.45) is 0 Å². The number of phenolic OH excluding ortho intramolecular Hbond substituents is 1. The van der Waals surface area contributed by atoms with E-state index < -0.39 is 0 Å². The van der Waals surface area contributed by atoms with Crippen molar-refractivity contribution in [3.63, 3.8) is 0 Å². The van der Waals surface area contributed by atoms with Gasteiger partial charge in [-0.25, -0.2) is 0 Å². The van der Waals surface area contributed by atoms with Crippen LogP contribution in [-0.4, -0.2) is 19.3 Å². The Bertz CT molecular complexity index is 562. The molecule has 0 aliphatic carbocycles. The van der Waals surface area contributed by atoms with Crippen LogP contribution < -0.4 is 9.47 Å². The maximum absolute atomic E-state index is 9.53. The highest BCUT2D eigenvalue weighted by molar-refractivity contribution is 5.68. The molecule has 1 N–H and O–H groups in total. The molecule has 0 bridgehead atoms. The first-order valence-electron chi connectivity index (χ1n) is 5.67. The Kier molecular flexibility index (Phi) is 3.42. The zero-order valence-electron chi connectivity index (χ0n) is 10.7. The number of rotatable bonds is 3. The average molecular weight is 244 g/mol. The zero-order chi connectivity index (χ0) is 13.1. The number of hydrogen-bond donors (Lipinski definition) is 1. The first-order chi connectivity index (χ1) is 8.65. The maximum atomic E-state index is 9.53. The smallest absolute Gasteiger partial charge is 0.161 e. The van der Waals surface area contributed by atoms with E-state index in [-0.39, 0.29) is 0 Å². The van der Waals surface area contributed by atoms with Gasteiger partial charge in [-0.1, -0.05) is 12.1 Å². The van der Waals surface area contributed by atoms with Gasteiger partial charge in [0.05, 0.1) is 14.2 Å².